The van der Waals surface area contributed by atoms with E-state index < -0.39 is 0 Å². The molecule has 5 nitrogen and oxygen atoms in total. The average molecular weight is 785 g/mol. The molecule has 2 heterocycles. The molecule has 10 atom stereocenters. The van der Waals surface area contributed by atoms with Crippen LogP contribution in [0.4, 0.5) is 0 Å². The van der Waals surface area contributed by atoms with Gasteiger partial charge in [0.15, 0.2) is 6.10 Å². The summed E-state index contributed by atoms with van der Waals surface area (Å²) in [6.07, 6.45) is 16.5. The number of carbonyl (C=O) groups excluding carboxylic acids is 1. The summed E-state index contributed by atoms with van der Waals surface area (Å²) in [7, 11) is 4.94. The Kier molecular flexibility index (Phi) is 10.4. The highest BCUT2D eigenvalue weighted by molar-refractivity contribution is 5.66. The molecule has 6 fully saturated rings. The van der Waals surface area contributed by atoms with Crippen LogP contribution >= 0.6 is 0 Å². The fourth-order valence-electron chi connectivity index (χ4n) is 11.9. The molecule has 0 unspecified atom stereocenters. The van der Waals surface area contributed by atoms with E-state index in [4.69, 9.17) is 4.74 Å². The number of piperidine rings is 2. The molecule has 0 bridgehead atoms. The van der Waals surface area contributed by atoms with Crippen LogP contribution in [0.15, 0.2) is 0 Å². The third-order valence-electron chi connectivity index (χ3n) is 14.2. The molecule has 0 aromatic carbocycles. The van der Waals surface area contributed by atoms with Gasteiger partial charge in [0.1, 0.15) is 18.2 Å². The van der Waals surface area contributed by atoms with Crippen LogP contribution < -0.4 is 48.0 Å². The molecule has 6 aliphatic rings. The number of likely N-dealkylation sites (N-methyl/N-ethyl adjacent to an activating group) is 2. The lowest BCUT2D eigenvalue weighted by molar-refractivity contribution is -0.943. The van der Waals surface area contributed by atoms with E-state index in [1.807, 2.05) is 0 Å². The number of carbonyl (C=O) groups is 1. The molecule has 0 radical (unpaired) electrons. The minimum atomic E-state index is -0.146. The number of esters is 1. The summed E-state index contributed by atoms with van der Waals surface area (Å²) in [5.74, 6) is 2.76. The smallest absolute Gasteiger partial charge is 0.303 e. The van der Waals surface area contributed by atoms with Gasteiger partial charge in [-0.15, -0.1) is 0 Å². The van der Waals surface area contributed by atoms with E-state index >= 15 is 0 Å². The lowest BCUT2D eigenvalue weighted by atomic mass is 9.44. The number of aliphatic hydroxyl groups is 1. The fourth-order valence-corrected chi connectivity index (χ4v) is 11.9. The Labute approximate surface area is 279 Å². The Morgan fingerprint density at radius 1 is 0.775 bits per heavy atom. The van der Waals surface area contributed by atoms with Gasteiger partial charge in [0.05, 0.1) is 40.3 Å². The molecule has 0 spiro atoms. The van der Waals surface area contributed by atoms with Crippen LogP contribution in [0.2, 0.25) is 0 Å². The van der Waals surface area contributed by atoms with Crippen molar-refractivity contribution in [3.63, 3.8) is 0 Å². The van der Waals surface area contributed by atoms with Crippen molar-refractivity contribution in [1.82, 2.24) is 0 Å². The summed E-state index contributed by atoms with van der Waals surface area (Å²) < 4.78 is 8.38. The summed E-state index contributed by atoms with van der Waals surface area (Å²) in [5.41, 5.74) is 0.421. The number of rotatable bonds is 3. The van der Waals surface area contributed by atoms with Crippen molar-refractivity contribution in [2.45, 2.75) is 129 Å². The maximum Gasteiger partial charge on any atom is 0.303 e. The van der Waals surface area contributed by atoms with Crippen LogP contribution in [0.3, 0.4) is 0 Å². The number of hydrogen-bond acceptors (Lipinski definition) is 3. The Morgan fingerprint density at radius 3 is 1.93 bits per heavy atom. The number of nitrogens with zero attached hydrogens (tertiary/aromatic N) is 2. The van der Waals surface area contributed by atoms with Gasteiger partial charge in [-0.25, -0.2) is 0 Å². The maximum absolute atomic E-state index is 12.2. The highest BCUT2D eigenvalue weighted by atomic mass is 127. The van der Waals surface area contributed by atoms with Gasteiger partial charge < -0.3 is 66.8 Å². The molecule has 6 rings (SSSR count). The zero-order valence-electron chi connectivity index (χ0n) is 26.1. The first-order valence-corrected chi connectivity index (χ1v) is 16.5. The minimum absolute atomic E-state index is 0. The van der Waals surface area contributed by atoms with Crippen molar-refractivity contribution in [2.24, 2.45) is 34.5 Å². The molecule has 2 saturated heterocycles. The molecule has 0 aromatic rings. The summed E-state index contributed by atoms with van der Waals surface area (Å²) in [4.78, 5) is 12.2. The Bertz CT molecular complexity index is 906. The van der Waals surface area contributed by atoms with Gasteiger partial charge in [0.25, 0.3) is 0 Å². The minimum Gasteiger partial charge on any atom is -1.00 e. The predicted molar refractivity (Wildman–Crippen MR) is 151 cm³/mol. The first-order chi connectivity index (χ1) is 18.0. The standard InChI is InChI=1S/C33H58N2O3.2HI/c1-23(36)38-30-20-24-12-13-25-26(33(24,3)22-29(30)35(5)18-10-7-11-19-35)14-15-32(2)27(25)21-28(31(32)37)34(4)16-8-6-9-17-34;;/h24-31,37H,6-22H2,1-5H3;2*1H/q+2;;/p-2/t24-,25+,26-,27-,28-,29-,30-,31-,32-,33-;;/m0../s1. The number of halogens is 2. The Hall–Kier alpha value is 0.810. The summed E-state index contributed by atoms with van der Waals surface area (Å²) in [6, 6.07) is 0.868. The Balaban J connectivity index is 0.00000185. The molecule has 232 valence electrons. The fraction of sp³-hybridized carbons (Fsp3) is 0.970. The maximum atomic E-state index is 12.2. The number of likely N-dealkylation sites (tertiary alicyclic amines) is 2. The van der Waals surface area contributed by atoms with Crippen molar-refractivity contribution in [1.29, 1.82) is 0 Å². The van der Waals surface area contributed by atoms with Gasteiger partial charge in [0, 0.05) is 25.2 Å². The number of aliphatic hydroxyl groups excluding tert-OH is 1. The largest absolute Gasteiger partial charge is 1.00 e. The molecule has 40 heavy (non-hydrogen) atoms. The molecule has 1 N–H and O–H groups in total. The molecule has 0 aromatic heterocycles. The van der Waals surface area contributed by atoms with Crippen molar-refractivity contribution in [3.8, 4) is 0 Å². The van der Waals surface area contributed by atoms with Crippen molar-refractivity contribution in [3.05, 3.63) is 0 Å². The van der Waals surface area contributed by atoms with Crippen molar-refractivity contribution < 1.29 is 71.6 Å². The molecule has 2 aliphatic heterocycles. The predicted octanol–water partition coefficient (Wildman–Crippen LogP) is -0.452. The summed E-state index contributed by atoms with van der Waals surface area (Å²) >= 11 is 0. The van der Waals surface area contributed by atoms with E-state index in [9.17, 15) is 9.90 Å². The lowest BCUT2D eigenvalue weighted by Crippen LogP contribution is -3.00. The first-order valence-electron chi connectivity index (χ1n) is 16.5. The van der Waals surface area contributed by atoms with Gasteiger partial charge >= 0.3 is 5.97 Å². The second kappa shape index (κ2) is 12.3. The zero-order chi connectivity index (χ0) is 26.9. The number of hydrogen-bond donors (Lipinski definition) is 1. The van der Waals surface area contributed by atoms with Crippen LogP contribution in [0.1, 0.15) is 104 Å². The molecular formula is C33H58I2N2O3. The van der Waals surface area contributed by atoms with Crippen LogP contribution in [-0.2, 0) is 9.53 Å². The number of fused-ring (bicyclic) bond motifs is 5. The van der Waals surface area contributed by atoms with E-state index in [0.717, 1.165) is 27.2 Å². The van der Waals surface area contributed by atoms with Gasteiger partial charge in [-0.05, 0) is 99.7 Å². The van der Waals surface area contributed by atoms with Gasteiger partial charge in [-0.2, -0.15) is 0 Å². The highest BCUT2D eigenvalue weighted by Crippen LogP contribution is 2.67. The van der Waals surface area contributed by atoms with E-state index in [-0.39, 0.29) is 71.5 Å². The second-order valence-corrected chi connectivity index (χ2v) is 16.1. The van der Waals surface area contributed by atoms with Gasteiger partial charge in [-0.1, -0.05) is 13.8 Å². The third kappa shape index (κ3) is 5.46. The highest BCUT2D eigenvalue weighted by Gasteiger charge is 2.66. The molecule has 4 saturated carbocycles. The average Bonchev–Trinajstić information content (AvgIpc) is 3.16. The summed E-state index contributed by atoms with van der Waals surface area (Å²) in [6.45, 7) is 11.7. The molecular weight excluding hydrogens is 726 g/mol. The first kappa shape index (κ1) is 33.7. The molecule has 4 aliphatic carbocycles. The lowest BCUT2D eigenvalue weighted by Gasteiger charge is -2.63. The normalized spacial score (nSPS) is 47.4. The number of quaternary nitrogens is 2. The van der Waals surface area contributed by atoms with E-state index in [1.54, 1.807) is 6.92 Å². The van der Waals surface area contributed by atoms with Gasteiger partial charge in [0.2, 0.25) is 0 Å². The number of ether oxygens (including phenoxy) is 1. The van der Waals surface area contributed by atoms with E-state index in [1.165, 1.54) is 103 Å². The third-order valence-corrected chi connectivity index (χ3v) is 14.2. The van der Waals surface area contributed by atoms with E-state index in [0.29, 0.717) is 29.3 Å². The summed E-state index contributed by atoms with van der Waals surface area (Å²) in [5, 5.41) is 11.9. The zero-order valence-corrected chi connectivity index (χ0v) is 30.4. The van der Waals surface area contributed by atoms with Crippen LogP contribution in [0.5, 0.6) is 0 Å². The van der Waals surface area contributed by atoms with Gasteiger partial charge in [-0.3, -0.25) is 4.79 Å². The SMILES string of the molecule is CC(=O)O[C@H]1C[C@@H]2CC[C@@H]3[C@H](CC[C@]4(C)[C@@H](O)[C@@H]([N+]5(C)CCCCC5)C[C@@H]34)[C@@]2(C)C[C@@H]1[N+]1(C)CCCCC1.[I-].[I-]. The second-order valence-electron chi connectivity index (χ2n) is 16.1. The molecule has 0 amide bonds. The molecule has 7 heteroatoms. The van der Waals surface area contributed by atoms with Crippen LogP contribution in [-0.4, -0.2) is 84.6 Å². The van der Waals surface area contributed by atoms with Crippen LogP contribution in [0, 0.1) is 34.5 Å². The van der Waals surface area contributed by atoms with Crippen molar-refractivity contribution >= 4 is 5.97 Å². The van der Waals surface area contributed by atoms with Crippen LogP contribution in [0.25, 0.3) is 0 Å². The Morgan fingerprint density at radius 2 is 1.35 bits per heavy atom. The monoisotopic (exact) mass is 784 g/mol. The van der Waals surface area contributed by atoms with E-state index in [2.05, 4.69) is 27.9 Å². The topological polar surface area (TPSA) is 46.5 Å². The quantitative estimate of drug-likeness (QED) is 0.240. The van der Waals surface area contributed by atoms with Crippen molar-refractivity contribution in [2.75, 3.05) is 40.3 Å².